The molecule has 0 N–H and O–H groups in total. The van der Waals surface area contributed by atoms with E-state index < -0.39 is 0 Å². The van der Waals surface area contributed by atoms with Gasteiger partial charge < -0.3 is 4.74 Å². The lowest BCUT2D eigenvalue weighted by atomic mass is 10.0. The minimum absolute atomic E-state index is 0.334. The number of fused-ring (bicyclic) bond motifs is 1. The van der Waals surface area contributed by atoms with Gasteiger partial charge in [-0.1, -0.05) is 0 Å². The Kier molecular flexibility index (Phi) is 1.52. The lowest BCUT2D eigenvalue weighted by Gasteiger charge is -2.31. The van der Waals surface area contributed by atoms with Crippen LogP contribution in [0.2, 0.25) is 0 Å². The van der Waals surface area contributed by atoms with Gasteiger partial charge >= 0.3 is 0 Å². The molecule has 2 saturated heterocycles. The van der Waals surface area contributed by atoms with Crippen LogP contribution in [0.3, 0.4) is 0 Å². The van der Waals surface area contributed by atoms with E-state index in [9.17, 15) is 0 Å². The zero-order chi connectivity index (χ0) is 8.06. The van der Waals surface area contributed by atoms with Gasteiger partial charge in [0.15, 0.2) is 0 Å². The molecule has 2 fully saturated rings. The van der Waals surface area contributed by atoms with Crippen LogP contribution in [0.1, 0.15) is 20.8 Å². The van der Waals surface area contributed by atoms with Gasteiger partial charge in [-0.05, 0) is 20.8 Å². The summed E-state index contributed by atoms with van der Waals surface area (Å²) in [5.41, 5.74) is 0.334. The number of likely N-dealkylation sites (tertiary alicyclic amines) is 1. The summed E-state index contributed by atoms with van der Waals surface area (Å²) in [6.07, 6.45) is 0.564. The fraction of sp³-hybridized carbons (Fsp3) is 1.00. The third kappa shape index (κ3) is 1.18. The maximum absolute atomic E-state index is 5.44. The third-order valence-corrected chi connectivity index (χ3v) is 2.85. The number of rotatable bonds is 0. The highest BCUT2D eigenvalue weighted by Gasteiger charge is 2.43. The van der Waals surface area contributed by atoms with Crippen LogP contribution in [0.4, 0.5) is 0 Å². The molecular weight excluding hydrogens is 138 g/mol. The average Bonchev–Trinajstić information content (AvgIpc) is 2.06. The van der Waals surface area contributed by atoms with Crippen molar-refractivity contribution < 1.29 is 4.74 Å². The van der Waals surface area contributed by atoms with E-state index in [1.165, 1.54) is 6.54 Å². The normalized spacial score (nSPS) is 38.5. The molecule has 0 amide bonds. The van der Waals surface area contributed by atoms with Gasteiger partial charge in [0, 0.05) is 24.5 Å². The average molecular weight is 155 g/mol. The number of hydrogen-bond donors (Lipinski definition) is 0. The van der Waals surface area contributed by atoms with Crippen molar-refractivity contribution in [1.29, 1.82) is 0 Å². The molecule has 64 valence electrons. The Morgan fingerprint density at radius 3 is 2.27 bits per heavy atom. The minimum atomic E-state index is 0.334. The van der Waals surface area contributed by atoms with Crippen molar-refractivity contribution in [2.45, 2.75) is 32.4 Å². The first-order valence-electron chi connectivity index (χ1n) is 4.44. The molecule has 0 radical (unpaired) electrons. The highest BCUT2D eigenvalue weighted by Crippen LogP contribution is 2.32. The molecule has 2 rings (SSSR count). The Balaban J connectivity index is 1.98. The van der Waals surface area contributed by atoms with Crippen LogP contribution in [0, 0.1) is 5.92 Å². The summed E-state index contributed by atoms with van der Waals surface area (Å²) < 4.78 is 5.44. The second kappa shape index (κ2) is 2.20. The summed E-state index contributed by atoms with van der Waals surface area (Å²) in [7, 11) is 0. The van der Waals surface area contributed by atoms with Gasteiger partial charge in [0.2, 0.25) is 0 Å². The Morgan fingerprint density at radius 2 is 2.00 bits per heavy atom. The highest BCUT2D eigenvalue weighted by molar-refractivity contribution is 4.95. The quantitative estimate of drug-likeness (QED) is 0.519. The van der Waals surface area contributed by atoms with Crippen LogP contribution in [0.5, 0.6) is 0 Å². The summed E-state index contributed by atoms with van der Waals surface area (Å²) >= 11 is 0. The van der Waals surface area contributed by atoms with Crippen LogP contribution in [-0.4, -0.2) is 36.2 Å². The Labute approximate surface area is 68.5 Å². The summed E-state index contributed by atoms with van der Waals surface area (Å²) in [5.74, 6) is 0.842. The van der Waals surface area contributed by atoms with Gasteiger partial charge in [0.25, 0.3) is 0 Å². The largest absolute Gasteiger partial charge is 0.376 e. The molecule has 2 nitrogen and oxygen atoms in total. The van der Waals surface area contributed by atoms with Gasteiger partial charge in [-0.3, -0.25) is 4.90 Å². The Morgan fingerprint density at radius 1 is 1.27 bits per heavy atom. The van der Waals surface area contributed by atoms with E-state index in [0.29, 0.717) is 11.6 Å². The van der Waals surface area contributed by atoms with Crippen molar-refractivity contribution in [1.82, 2.24) is 4.90 Å². The summed E-state index contributed by atoms with van der Waals surface area (Å²) in [5, 5.41) is 0. The van der Waals surface area contributed by atoms with Crippen LogP contribution >= 0.6 is 0 Å². The number of hydrogen-bond acceptors (Lipinski definition) is 2. The first-order chi connectivity index (χ1) is 5.07. The van der Waals surface area contributed by atoms with Crippen molar-refractivity contribution in [2.75, 3.05) is 19.7 Å². The molecular formula is C9H17NO. The molecule has 0 bridgehead atoms. The molecule has 1 unspecified atom stereocenters. The molecule has 0 spiro atoms. The van der Waals surface area contributed by atoms with Gasteiger partial charge in [0.05, 0.1) is 12.7 Å². The van der Waals surface area contributed by atoms with Gasteiger partial charge in [0.1, 0.15) is 0 Å². The van der Waals surface area contributed by atoms with E-state index in [0.717, 1.165) is 19.1 Å². The maximum Gasteiger partial charge on any atom is 0.0764 e. The van der Waals surface area contributed by atoms with E-state index in [1.54, 1.807) is 0 Å². The van der Waals surface area contributed by atoms with Crippen molar-refractivity contribution in [3.8, 4) is 0 Å². The predicted octanol–water partition coefficient (Wildman–Crippen LogP) is 1.12. The first-order valence-corrected chi connectivity index (χ1v) is 4.44. The smallest absolute Gasteiger partial charge is 0.0764 e. The van der Waals surface area contributed by atoms with Crippen LogP contribution in [-0.2, 0) is 4.74 Å². The lowest BCUT2D eigenvalue weighted by Crippen LogP contribution is -2.40. The topological polar surface area (TPSA) is 12.5 Å². The molecule has 2 heterocycles. The van der Waals surface area contributed by atoms with Gasteiger partial charge in [-0.15, -0.1) is 0 Å². The van der Waals surface area contributed by atoms with Crippen LogP contribution in [0.25, 0.3) is 0 Å². The van der Waals surface area contributed by atoms with E-state index in [2.05, 4.69) is 25.7 Å². The van der Waals surface area contributed by atoms with E-state index in [4.69, 9.17) is 4.74 Å². The molecule has 2 atom stereocenters. The molecule has 2 heteroatoms. The summed E-state index contributed by atoms with van der Waals surface area (Å²) in [6, 6.07) is 0. The summed E-state index contributed by atoms with van der Waals surface area (Å²) in [4.78, 5) is 2.52. The fourth-order valence-corrected chi connectivity index (χ4v) is 1.86. The molecule has 0 aromatic rings. The van der Waals surface area contributed by atoms with Crippen molar-refractivity contribution in [3.63, 3.8) is 0 Å². The second-order valence-electron chi connectivity index (χ2n) is 4.71. The molecule has 0 aliphatic carbocycles. The van der Waals surface area contributed by atoms with Crippen molar-refractivity contribution >= 4 is 0 Å². The monoisotopic (exact) mass is 155 g/mol. The second-order valence-corrected chi connectivity index (χ2v) is 4.71. The highest BCUT2D eigenvalue weighted by atomic mass is 16.5. The zero-order valence-electron chi connectivity index (χ0n) is 7.63. The van der Waals surface area contributed by atoms with Crippen molar-refractivity contribution in [2.24, 2.45) is 5.92 Å². The maximum atomic E-state index is 5.44. The predicted molar refractivity (Wildman–Crippen MR) is 44.6 cm³/mol. The van der Waals surface area contributed by atoms with Crippen LogP contribution < -0.4 is 0 Å². The van der Waals surface area contributed by atoms with Crippen LogP contribution in [0.15, 0.2) is 0 Å². The van der Waals surface area contributed by atoms with Gasteiger partial charge in [-0.25, -0.2) is 0 Å². The fourth-order valence-electron chi connectivity index (χ4n) is 1.86. The summed E-state index contributed by atoms with van der Waals surface area (Å²) in [6.45, 7) is 10.2. The van der Waals surface area contributed by atoms with E-state index in [1.807, 2.05) is 0 Å². The molecule has 11 heavy (non-hydrogen) atoms. The minimum Gasteiger partial charge on any atom is -0.376 e. The molecule has 0 saturated carbocycles. The van der Waals surface area contributed by atoms with Gasteiger partial charge in [-0.2, -0.15) is 0 Å². The SMILES string of the molecule is CC(C)(C)N1CC2OC[C@H]2C1. The number of ether oxygens (including phenoxy) is 1. The Bertz CT molecular complexity index is 149. The molecule has 0 aromatic heterocycles. The van der Waals surface area contributed by atoms with E-state index in [-0.39, 0.29) is 0 Å². The molecule has 2 aliphatic heterocycles. The van der Waals surface area contributed by atoms with E-state index >= 15 is 0 Å². The zero-order valence-corrected chi connectivity index (χ0v) is 7.63. The van der Waals surface area contributed by atoms with Crippen molar-refractivity contribution in [3.05, 3.63) is 0 Å². The molecule has 0 aromatic carbocycles. The first kappa shape index (κ1) is 7.56. The Hall–Kier alpha value is -0.0800. The standard InChI is InChI=1S/C9H17NO/c1-9(2,3)10-4-7-6-11-8(7)5-10/h7-8H,4-6H2,1-3H3/t7-,8?/m1/s1. The lowest BCUT2D eigenvalue weighted by molar-refractivity contribution is -0.0832. The number of nitrogens with zero attached hydrogens (tertiary/aromatic N) is 1. The third-order valence-electron chi connectivity index (χ3n) is 2.85. The molecule has 2 aliphatic rings.